The Labute approximate surface area is 76.3 Å². The maximum atomic E-state index is 10.7. The minimum atomic E-state index is -1.22. The van der Waals surface area contributed by atoms with Crippen LogP contribution in [-0.2, 0) is 4.79 Å². The molecule has 1 N–H and O–H groups in total. The summed E-state index contributed by atoms with van der Waals surface area (Å²) < 4.78 is 1.37. The molecule has 4 nitrogen and oxygen atoms in total. The first-order valence-corrected chi connectivity index (χ1v) is 3.91. The molecule has 0 aromatic carbocycles. The molecule has 1 aromatic heterocycles. The van der Waals surface area contributed by atoms with E-state index in [0.29, 0.717) is 0 Å². The molecule has 0 fully saturated rings. The van der Waals surface area contributed by atoms with Crippen molar-refractivity contribution in [1.29, 1.82) is 0 Å². The van der Waals surface area contributed by atoms with Crippen molar-refractivity contribution < 1.29 is 19.5 Å². The summed E-state index contributed by atoms with van der Waals surface area (Å²) in [5, 5.41) is 8.76. The van der Waals surface area contributed by atoms with Gasteiger partial charge in [0.1, 0.15) is 0 Å². The smallest absolute Gasteiger partial charge is 0.354 e. The Morgan fingerprint density at radius 2 is 1.85 bits per heavy atom. The second-order valence-corrected chi connectivity index (χ2v) is 3.14. The lowest BCUT2D eigenvalue weighted by atomic mass is 10.1. The van der Waals surface area contributed by atoms with E-state index in [1.807, 2.05) is 6.07 Å². The van der Waals surface area contributed by atoms with Gasteiger partial charge in [-0.3, -0.25) is 4.84 Å². The highest BCUT2D eigenvalue weighted by Crippen LogP contribution is 2.01. The number of carboxylic acids is 1. The van der Waals surface area contributed by atoms with Gasteiger partial charge in [-0.25, -0.2) is 4.79 Å². The Morgan fingerprint density at radius 3 is 2.31 bits per heavy atom. The summed E-state index contributed by atoms with van der Waals surface area (Å²) in [5.41, 5.74) is -1.22. The number of aliphatic carboxylic acids is 1. The summed E-state index contributed by atoms with van der Waals surface area (Å²) in [6, 6.07) is 5.35. The first-order chi connectivity index (χ1) is 6.02. The molecular weight excluding hydrogens is 170 g/mol. The third kappa shape index (κ3) is 2.43. The van der Waals surface area contributed by atoms with Crippen LogP contribution in [-0.4, -0.2) is 16.7 Å². The van der Waals surface area contributed by atoms with E-state index in [4.69, 9.17) is 9.94 Å². The van der Waals surface area contributed by atoms with Crippen LogP contribution in [0.2, 0.25) is 0 Å². The molecule has 0 radical (unpaired) electrons. The second-order valence-electron chi connectivity index (χ2n) is 3.14. The summed E-state index contributed by atoms with van der Waals surface area (Å²) in [6.45, 7) is 2.99. The Hall–Kier alpha value is -1.58. The van der Waals surface area contributed by atoms with Crippen LogP contribution < -0.4 is 9.57 Å². The molecular formula is C9H12NO3+. The van der Waals surface area contributed by atoms with E-state index < -0.39 is 11.6 Å². The van der Waals surface area contributed by atoms with E-state index in [-0.39, 0.29) is 0 Å². The van der Waals surface area contributed by atoms with Crippen LogP contribution in [0.25, 0.3) is 0 Å². The van der Waals surface area contributed by atoms with E-state index in [9.17, 15) is 4.79 Å². The molecule has 70 valence electrons. The summed E-state index contributed by atoms with van der Waals surface area (Å²) in [7, 11) is 0. The van der Waals surface area contributed by atoms with Crippen molar-refractivity contribution in [2.45, 2.75) is 19.4 Å². The number of carboxylic acid groups (broad SMARTS) is 1. The molecule has 13 heavy (non-hydrogen) atoms. The fourth-order valence-electron chi connectivity index (χ4n) is 0.746. The molecule has 0 spiro atoms. The number of nitrogens with zero attached hydrogens (tertiary/aromatic N) is 1. The van der Waals surface area contributed by atoms with E-state index in [1.165, 1.54) is 18.6 Å². The minimum absolute atomic E-state index is 0.996. The molecule has 0 saturated carbocycles. The van der Waals surface area contributed by atoms with Gasteiger partial charge in [-0.1, -0.05) is 6.07 Å². The van der Waals surface area contributed by atoms with Crippen molar-refractivity contribution >= 4 is 5.97 Å². The second kappa shape index (κ2) is 3.43. The molecule has 0 unspecified atom stereocenters. The third-order valence-corrected chi connectivity index (χ3v) is 1.54. The van der Waals surface area contributed by atoms with Gasteiger partial charge in [0.15, 0.2) is 0 Å². The molecule has 0 aliphatic carbocycles. The third-order valence-electron chi connectivity index (χ3n) is 1.54. The van der Waals surface area contributed by atoms with Crippen LogP contribution >= 0.6 is 0 Å². The highest BCUT2D eigenvalue weighted by atomic mass is 16.7. The van der Waals surface area contributed by atoms with Gasteiger partial charge >= 0.3 is 5.97 Å². The van der Waals surface area contributed by atoms with Crippen molar-refractivity contribution in [3.63, 3.8) is 0 Å². The standard InChI is InChI=1S/C9H11NO3/c1-9(2,8(11)12)13-10-6-4-3-5-7-10/h3-7H,1-2H3/p+1. The molecule has 0 aliphatic rings. The Balaban J connectivity index is 2.75. The maximum Gasteiger partial charge on any atom is 0.354 e. The molecule has 1 rings (SSSR count). The minimum Gasteiger partial charge on any atom is -0.478 e. The number of hydrogen-bond acceptors (Lipinski definition) is 2. The molecule has 0 aliphatic heterocycles. The Bertz CT molecular complexity index is 295. The number of pyridine rings is 1. The van der Waals surface area contributed by atoms with Gasteiger partial charge in [0, 0.05) is 16.9 Å². The average molecular weight is 182 g/mol. The normalized spacial score (nSPS) is 10.9. The molecule has 0 amide bonds. The predicted molar refractivity (Wildman–Crippen MR) is 44.9 cm³/mol. The van der Waals surface area contributed by atoms with Crippen molar-refractivity contribution in [3.05, 3.63) is 30.6 Å². The summed E-state index contributed by atoms with van der Waals surface area (Å²) >= 11 is 0. The van der Waals surface area contributed by atoms with E-state index in [0.717, 1.165) is 0 Å². The van der Waals surface area contributed by atoms with Crippen LogP contribution in [0.3, 0.4) is 0 Å². The van der Waals surface area contributed by atoms with Gasteiger partial charge in [0.2, 0.25) is 12.4 Å². The lowest BCUT2D eigenvalue weighted by molar-refractivity contribution is -0.903. The number of hydrogen-bond donors (Lipinski definition) is 1. The largest absolute Gasteiger partial charge is 0.478 e. The van der Waals surface area contributed by atoms with Crippen molar-refractivity contribution in [2.75, 3.05) is 0 Å². The first kappa shape index (κ1) is 9.51. The fraction of sp³-hybridized carbons (Fsp3) is 0.333. The van der Waals surface area contributed by atoms with Gasteiger partial charge in [-0.05, 0) is 13.8 Å². The van der Waals surface area contributed by atoms with Crippen LogP contribution in [0.4, 0.5) is 0 Å². The number of rotatable bonds is 3. The van der Waals surface area contributed by atoms with Crippen LogP contribution in [0.5, 0.6) is 0 Å². The van der Waals surface area contributed by atoms with E-state index >= 15 is 0 Å². The average Bonchev–Trinajstić information content (AvgIpc) is 2.05. The van der Waals surface area contributed by atoms with Crippen molar-refractivity contribution in [3.8, 4) is 0 Å². The molecule has 0 atom stereocenters. The highest BCUT2D eigenvalue weighted by Gasteiger charge is 2.34. The van der Waals surface area contributed by atoms with Gasteiger partial charge in [0.25, 0.3) is 5.60 Å². The fourth-order valence-corrected chi connectivity index (χ4v) is 0.746. The van der Waals surface area contributed by atoms with Crippen LogP contribution in [0.1, 0.15) is 13.8 Å². The van der Waals surface area contributed by atoms with Gasteiger partial charge in [0.05, 0.1) is 0 Å². The topological polar surface area (TPSA) is 50.4 Å². The maximum absolute atomic E-state index is 10.7. The zero-order valence-corrected chi connectivity index (χ0v) is 7.60. The highest BCUT2D eigenvalue weighted by molar-refractivity contribution is 5.76. The lowest BCUT2D eigenvalue weighted by Gasteiger charge is -2.13. The predicted octanol–water partition coefficient (Wildman–Crippen LogP) is 0.266. The van der Waals surface area contributed by atoms with Crippen LogP contribution in [0, 0.1) is 0 Å². The lowest BCUT2D eigenvalue weighted by Crippen LogP contribution is -2.55. The van der Waals surface area contributed by atoms with Gasteiger partial charge < -0.3 is 5.11 Å². The van der Waals surface area contributed by atoms with Gasteiger partial charge in [-0.15, -0.1) is 0 Å². The number of carbonyl (C=O) groups is 1. The summed E-state index contributed by atoms with van der Waals surface area (Å²) in [6.07, 6.45) is 3.29. The summed E-state index contributed by atoms with van der Waals surface area (Å²) in [5.74, 6) is -0.996. The molecule has 0 bridgehead atoms. The molecule has 4 heteroatoms. The van der Waals surface area contributed by atoms with E-state index in [2.05, 4.69) is 0 Å². The molecule has 1 aromatic rings. The zero-order chi connectivity index (χ0) is 9.90. The number of aromatic nitrogens is 1. The van der Waals surface area contributed by atoms with Crippen molar-refractivity contribution in [1.82, 2.24) is 0 Å². The zero-order valence-electron chi connectivity index (χ0n) is 7.60. The van der Waals surface area contributed by atoms with Crippen molar-refractivity contribution in [2.24, 2.45) is 0 Å². The monoisotopic (exact) mass is 182 g/mol. The Kier molecular flexibility index (Phi) is 2.51. The quantitative estimate of drug-likeness (QED) is 0.682. The molecule has 0 saturated heterocycles. The van der Waals surface area contributed by atoms with Gasteiger partial charge in [-0.2, -0.15) is 0 Å². The first-order valence-electron chi connectivity index (χ1n) is 3.91. The summed E-state index contributed by atoms with van der Waals surface area (Å²) in [4.78, 5) is 15.9. The van der Waals surface area contributed by atoms with E-state index in [1.54, 1.807) is 24.5 Å². The van der Waals surface area contributed by atoms with Crippen LogP contribution in [0.15, 0.2) is 30.6 Å². The SMILES string of the molecule is CC(C)(O[n+]1ccccc1)C(=O)O. The molecule has 1 heterocycles. The Morgan fingerprint density at radius 1 is 1.31 bits per heavy atom.